The lowest BCUT2D eigenvalue weighted by atomic mass is 10.2. The van der Waals surface area contributed by atoms with E-state index >= 15 is 0 Å². The van der Waals surface area contributed by atoms with Crippen LogP contribution in [0.2, 0.25) is 10.0 Å². The highest BCUT2D eigenvalue weighted by Crippen LogP contribution is 2.24. The molecular formula is C16H18Cl2N4O3. The number of unbranched alkanes of at least 4 members (excludes halogenated alkanes) is 1. The van der Waals surface area contributed by atoms with Crippen LogP contribution >= 0.6 is 23.2 Å². The summed E-state index contributed by atoms with van der Waals surface area (Å²) < 4.78 is 1.25. The molecule has 0 aliphatic heterocycles. The molecule has 7 nitrogen and oxygen atoms in total. The molecule has 0 fully saturated rings. The van der Waals surface area contributed by atoms with Gasteiger partial charge in [-0.1, -0.05) is 36.5 Å². The fraction of sp³-hybridized carbons (Fsp3) is 0.312. The van der Waals surface area contributed by atoms with Crippen LogP contribution in [-0.4, -0.2) is 22.5 Å². The van der Waals surface area contributed by atoms with Gasteiger partial charge in [-0.25, -0.2) is 4.79 Å². The summed E-state index contributed by atoms with van der Waals surface area (Å²) in [7, 11) is 1.40. The zero-order chi connectivity index (χ0) is 18.7. The van der Waals surface area contributed by atoms with Crippen LogP contribution in [0.15, 0.2) is 27.8 Å². The Morgan fingerprint density at radius 3 is 2.56 bits per heavy atom. The lowest BCUT2D eigenvalue weighted by Crippen LogP contribution is -2.39. The molecule has 0 saturated heterocycles. The first-order chi connectivity index (χ1) is 11.8. The van der Waals surface area contributed by atoms with Crippen molar-refractivity contribution < 1.29 is 4.79 Å². The van der Waals surface area contributed by atoms with Crippen molar-refractivity contribution in [2.75, 3.05) is 17.7 Å². The van der Waals surface area contributed by atoms with E-state index in [9.17, 15) is 14.4 Å². The molecule has 1 aromatic heterocycles. The first-order valence-electron chi connectivity index (χ1n) is 7.63. The van der Waals surface area contributed by atoms with Crippen molar-refractivity contribution in [3.8, 4) is 0 Å². The summed E-state index contributed by atoms with van der Waals surface area (Å²) in [5, 5.41) is 0.530. The molecule has 0 bridgehead atoms. The van der Waals surface area contributed by atoms with E-state index in [-0.39, 0.29) is 22.1 Å². The topological polar surface area (TPSA) is 101 Å². The van der Waals surface area contributed by atoms with E-state index in [0.717, 1.165) is 11.3 Å². The fourth-order valence-corrected chi connectivity index (χ4v) is 2.66. The van der Waals surface area contributed by atoms with E-state index in [4.69, 9.17) is 28.9 Å². The number of rotatable bonds is 5. The Labute approximate surface area is 154 Å². The van der Waals surface area contributed by atoms with Gasteiger partial charge in [0.1, 0.15) is 5.82 Å². The van der Waals surface area contributed by atoms with Crippen molar-refractivity contribution in [1.29, 1.82) is 0 Å². The van der Waals surface area contributed by atoms with Gasteiger partial charge in [-0.3, -0.25) is 19.1 Å². The number of carbonyl (C=O) groups is 1. The van der Waals surface area contributed by atoms with E-state index in [2.05, 4.69) is 4.98 Å². The number of H-pyrrole nitrogens is 1. The lowest BCUT2D eigenvalue weighted by Gasteiger charge is -2.20. The van der Waals surface area contributed by atoms with Gasteiger partial charge in [-0.2, -0.15) is 0 Å². The summed E-state index contributed by atoms with van der Waals surface area (Å²) >= 11 is 11.8. The number of halogens is 2. The van der Waals surface area contributed by atoms with Crippen molar-refractivity contribution in [3.05, 3.63) is 54.6 Å². The Bertz CT molecular complexity index is 921. The molecule has 134 valence electrons. The van der Waals surface area contributed by atoms with Crippen molar-refractivity contribution in [3.63, 3.8) is 0 Å². The van der Waals surface area contributed by atoms with Gasteiger partial charge in [-0.15, -0.1) is 0 Å². The summed E-state index contributed by atoms with van der Waals surface area (Å²) in [5.41, 5.74) is 4.81. The Morgan fingerprint density at radius 2 is 1.96 bits per heavy atom. The standard InChI is InChI=1S/C16H18Cl2N4O3/c1-3-4-7-22-13(19)12(14(23)20-16(22)25)21(2)15(24)9-5-6-10(17)11(18)8-9/h5-6,8H,3-4,7,19H2,1-2H3,(H,20,23,25). The molecule has 0 aliphatic rings. The normalized spacial score (nSPS) is 10.7. The highest BCUT2D eigenvalue weighted by molar-refractivity contribution is 6.42. The molecular weight excluding hydrogens is 367 g/mol. The monoisotopic (exact) mass is 384 g/mol. The van der Waals surface area contributed by atoms with Crippen molar-refractivity contribution >= 4 is 40.6 Å². The van der Waals surface area contributed by atoms with Gasteiger partial charge in [0.05, 0.1) is 10.0 Å². The second kappa shape index (κ2) is 7.76. The van der Waals surface area contributed by atoms with Crippen LogP contribution in [0, 0.1) is 0 Å². The zero-order valence-corrected chi connectivity index (χ0v) is 15.3. The molecule has 2 rings (SSSR count). The minimum absolute atomic E-state index is 0.0573. The van der Waals surface area contributed by atoms with Crippen LogP contribution in [0.3, 0.4) is 0 Å². The van der Waals surface area contributed by atoms with E-state index in [0.29, 0.717) is 18.0 Å². The smallest absolute Gasteiger partial charge is 0.330 e. The minimum atomic E-state index is -0.730. The molecule has 2 aromatic rings. The number of benzene rings is 1. The number of carbonyl (C=O) groups excluding carboxylic acids is 1. The van der Waals surface area contributed by atoms with E-state index in [1.165, 1.54) is 29.8 Å². The van der Waals surface area contributed by atoms with E-state index in [1.54, 1.807) is 0 Å². The van der Waals surface area contributed by atoms with Crippen LogP contribution in [0.4, 0.5) is 11.5 Å². The highest BCUT2D eigenvalue weighted by atomic mass is 35.5. The third-order valence-corrected chi connectivity index (χ3v) is 4.50. The predicted molar refractivity (Wildman–Crippen MR) is 99.8 cm³/mol. The third kappa shape index (κ3) is 3.88. The van der Waals surface area contributed by atoms with Gasteiger partial charge < -0.3 is 10.6 Å². The van der Waals surface area contributed by atoms with Crippen LogP contribution in [0.25, 0.3) is 0 Å². The number of nitrogens with one attached hydrogen (secondary N) is 1. The van der Waals surface area contributed by atoms with Gasteiger partial charge in [-0.05, 0) is 24.6 Å². The van der Waals surface area contributed by atoms with Crippen molar-refractivity contribution in [2.45, 2.75) is 26.3 Å². The summed E-state index contributed by atoms with van der Waals surface area (Å²) in [6, 6.07) is 4.38. The number of nitrogens with zero attached hydrogens (tertiary/aromatic N) is 2. The van der Waals surface area contributed by atoms with Crippen molar-refractivity contribution in [1.82, 2.24) is 9.55 Å². The maximum atomic E-state index is 12.7. The molecule has 1 amide bonds. The molecule has 1 aromatic carbocycles. The second-order valence-corrected chi connectivity index (χ2v) is 6.31. The summed E-state index contributed by atoms with van der Waals surface area (Å²) in [4.78, 5) is 40.1. The van der Waals surface area contributed by atoms with E-state index in [1.807, 2.05) is 6.92 Å². The molecule has 9 heteroatoms. The van der Waals surface area contributed by atoms with Crippen LogP contribution in [0.5, 0.6) is 0 Å². The number of nitrogens with two attached hydrogens (primary N) is 1. The van der Waals surface area contributed by atoms with Crippen LogP contribution < -0.4 is 21.9 Å². The maximum Gasteiger partial charge on any atom is 0.330 e. The largest absolute Gasteiger partial charge is 0.383 e. The molecule has 3 N–H and O–H groups in total. The number of hydrogen-bond acceptors (Lipinski definition) is 4. The summed E-state index contributed by atoms with van der Waals surface area (Å²) in [6.07, 6.45) is 1.55. The Morgan fingerprint density at radius 1 is 1.28 bits per heavy atom. The first-order valence-corrected chi connectivity index (χ1v) is 8.39. The minimum Gasteiger partial charge on any atom is -0.383 e. The second-order valence-electron chi connectivity index (χ2n) is 5.49. The Kier molecular flexibility index (Phi) is 5.92. The van der Waals surface area contributed by atoms with Gasteiger partial charge in [0.15, 0.2) is 5.69 Å². The third-order valence-electron chi connectivity index (χ3n) is 3.76. The summed E-state index contributed by atoms with van der Waals surface area (Å²) in [5.74, 6) is -0.561. The quantitative estimate of drug-likeness (QED) is 0.826. The molecule has 0 unspecified atom stereocenters. The first kappa shape index (κ1) is 19.1. The maximum absolute atomic E-state index is 12.7. The average molecular weight is 385 g/mol. The Balaban J connectivity index is 2.49. The van der Waals surface area contributed by atoms with Gasteiger partial charge >= 0.3 is 5.69 Å². The number of amides is 1. The van der Waals surface area contributed by atoms with Gasteiger partial charge in [0.2, 0.25) is 0 Å². The summed E-state index contributed by atoms with van der Waals surface area (Å²) in [6.45, 7) is 2.31. The molecule has 1 heterocycles. The SMILES string of the molecule is CCCCn1c(N)c(N(C)C(=O)c2ccc(Cl)c(Cl)c2)c(=O)[nH]c1=O. The average Bonchev–Trinajstić information content (AvgIpc) is 2.56. The zero-order valence-electron chi connectivity index (χ0n) is 13.8. The number of nitrogen functional groups attached to an aromatic ring is 1. The number of aromatic nitrogens is 2. The lowest BCUT2D eigenvalue weighted by molar-refractivity contribution is 0.0992. The molecule has 0 spiro atoms. The predicted octanol–water partition coefficient (Wildman–Crippen LogP) is 2.50. The fourth-order valence-electron chi connectivity index (χ4n) is 2.36. The van der Waals surface area contributed by atoms with E-state index < -0.39 is 17.2 Å². The van der Waals surface area contributed by atoms with Crippen molar-refractivity contribution in [2.24, 2.45) is 0 Å². The van der Waals surface area contributed by atoms with Crippen LogP contribution in [-0.2, 0) is 6.54 Å². The molecule has 0 radical (unpaired) electrons. The molecule has 0 atom stereocenters. The van der Waals surface area contributed by atoms with Gasteiger partial charge in [0, 0.05) is 19.2 Å². The number of hydrogen-bond donors (Lipinski definition) is 2. The van der Waals surface area contributed by atoms with Gasteiger partial charge in [0.25, 0.3) is 11.5 Å². The highest BCUT2D eigenvalue weighted by Gasteiger charge is 2.22. The number of anilines is 2. The Hall–Kier alpha value is -2.25. The van der Waals surface area contributed by atoms with Crippen LogP contribution in [0.1, 0.15) is 30.1 Å². The molecule has 0 aliphatic carbocycles. The molecule has 25 heavy (non-hydrogen) atoms. The molecule has 0 saturated carbocycles. The number of aromatic amines is 1.